The summed E-state index contributed by atoms with van der Waals surface area (Å²) in [5.41, 5.74) is 5.03. The minimum atomic E-state index is -0.144. The first kappa shape index (κ1) is 19.5. The van der Waals surface area contributed by atoms with E-state index in [1.807, 2.05) is 55.1 Å². The number of fused-ring (bicyclic) bond motifs is 3. The molecule has 0 saturated carbocycles. The Morgan fingerprint density at radius 2 is 1.94 bits per heavy atom. The largest absolute Gasteiger partial charge is 0.338 e. The van der Waals surface area contributed by atoms with Crippen molar-refractivity contribution in [1.82, 2.24) is 19.7 Å². The molecule has 1 saturated heterocycles. The van der Waals surface area contributed by atoms with Crippen molar-refractivity contribution < 1.29 is 4.79 Å². The number of benzene rings is 2. The molecule has 3 heterocycles. The molecule has 4 aromatic rings. The zero-order valence-corrected chi connectivity index (χ0v) is 18.1. The number of aryl methyl sites for hydroxylation is 2. The first-order valence-corrected chi connectivity index (χ1v) is 10.8. The van der Waals surface area contributed by atoms with Crippen molar-refractivity contribution in [2.45, 2.75) is 33.6 Å². The molecule has 0 spiro atoms. The van der Waals surface area contributed by atoms with Gasteiger partial charge in [0.05, 0.1) is 22.1 Å². The number of nitrogens with zero attached hydrogens (tertiary/aromatic N) is 3. The van der Waals surface area contributed by atoms with Crippen molar-refractivity contribution in [3.05, 3.63) is 69.6 Å². The second-order valence-corrected chi connectivity index (χ2v) is 8.80. The number of rotatable bonds is 2. The molecule has 1 fully saturated rings. The molecule has 1 aliphatic heterocycles. The summed E-state index contributed by atoms with van der Waals surface area (Å²) in [6, 6.07) is 11.5. The number of H-pyrrole nitrogens is 1. The molecule has 5 rings (SSSR count). The summed E-state index contributed by atoms with van der Waals surface area (Å²) in [6.45, 7) is 7.85. The van der Waals surface area contributed by atoms with Gasteiger partial charge in [-0.15, -0.1) is 0 Å². The molecule has 0 radical (unpaired) electrons. The van der Waals surface area contributed by atoms with Crippen LogP contribution in [0.15, 0.2) is 47.4 Å². The zero-order chi connectivity index (χ0) is 21.7. The highest BCUT2D eigenvalue weighted by molar-refractivity contribution is 6.06. The number of aromatic nitrogens is 3. The summed E-state index contributed by atoms with van der Waals surface area (Å²) in [5.74, 6) is 0.566. The SMILES string of the molecule is Cc1ccc(-n2[nH]c3c(cnc4ccc(C(=O)N5CCCC(C)C5)cc43)c2=O)cc1C. The third kappa shape index (κ3) is 3.32. The molecular weight excluding hydrogens is 388 g/mol. The number of piperidine rings is 1. The lowest BCUT2D eigenvalue weighted by Crippen LogP contribution is -2.39. The Morgan fingerprint density at radius 1 is 1.10 bits per heavy atom. The molecule has 158 valence electrons. The van der Waals surface area contributed by atoms with E-state index in [1.54, 1.807) is 10.9 Å². The highest BCUT2D eigenvalue weighted by Gasteiger charge is 2.23. The quantitative estimate of drug-likeness (QED) is 0.530. The summed E-state index contributed by atoms with van der Waals surface area (Å²) in [4.78, 5) is 32.6. The molecule has 2 aromatic carbocycles. The van der Waals surface area contributed by atoms with Crippen molar-refractivity contribution in [3.63, 3.8) is 0 Å². The van der Waals surface area contributed by atoms with E-state index in [1.165, 1.54) is 12.0 Å². The Hall–Kier alpha value is -3.41. The van der Waals surface area contributed by atoms with E-state index in [0.717, 1.165) is 41.7 Å². The molecular formula is C25H26N4O2. The maximum absolute atomic E-state index is 13.1. The summed E-state index contributed by atoms with van der Waals surface area (Å²) in [5, 5.41) is 4.56. The molecule has 1 atom stereocenters. The predicted octanol–water partition coefficient (Wildman–Crippen LogP) is 4.36. The Kier molecular flexibility index (Phi) is 4.65. The molecule has 6 nitrogen and oxygen atoms in total. The van der Waals surface area contributed by atoms with Crippen LogP contribution in [0.2, 0.25) is 0 Å². The topological polar surface area (TPSA) is 71.0 Å². The highest BCUT2D eigenvalue weighted by Crippen LogP contribution is 2.25. The summed E-state index contributed by atoms with van der Waals surface area (Å²) < 4.78 is 1.55. The van der Waals surface area contributed by atoms with Crippen LogP contribution in [0, 0.1) is 19.8 Å². The standard InChI is InChI=1S/C25H26N4O2/c1-15-5-4-10-28(14-15)24(30)18-7-9-22-20(12-18)23-21(13-26-22)25(31)29(27-23)19-8-6-16(2)17(3)11-19/h6-9,11-13,15,27H,4-5,10,14H2,1-3H3. The molecule has 0 bridgehead atoms. The third-order valence-corrected chi connectivity index (χ3v) is 6.46. The van der Waals surface area contributed by atoms with Gasteiger partial charge in [0.1, 0.15) is 0 Å². The van der Waals surface area contributed by atoms with Crippen LogP contribution in [0.25, 0.3) is 27.5 Å². The number of carbonyl (C=O) groups is 1. The minimum Gasteiger partial charge on any atom is -0.338 e. The van der Waals surface area contributed by atoms with E-state index >= 15 is 0 Å². The molecule has 1 unspecified atom stereocenters. The second-order valence-electron chi connectivity index (χ2n) is 8.80. The molecule has 1 amide bonds. The first-order chi connectivity index (χ1) is 14.9. The van der Waals surface area contributed by atoms with Crippen LogP contribution in [0.4, 0.5) is 0 Å². The molecule has 6 heteroatoms. The van der Waals surface area contributed by atoms with Gasteiger partial charge in [0.15, 0.2) is 0 Å². The second kappa shape index (κ2) is 7.38. The highest BCUT2D eigenvalue weighted by atomic mass is 16.2. The van der Waals surface area contributed by atoms with Crippen LogP contribution in [0.3, 0.4) is 0 Å². The van der Waals surface area contributed by atoms with Gasteiger partial charge in [-0.2, -0.15) is 0 Å². The number of pyridine rings is 1. The van der Waals surface area contributed by atoms with Gasteiger partial charge in [0.2, 0.25) is 0 Å². The molecule has 31 heavy (non-hydrogen) atoms. The van der Waals surface area contributed by atoms with Crippen LogP contribution in [-0.2, 0) is 0 Å². The number of likely N-dealkylation sites (tertiary alicyclic amines) is 1. The Bertz CT molecular complexity index is 1380. The smallest absolute Gasteiger partial charge is 0.280 e. The lowest BCUT2D eigenvalue weighted by Gasteiger charge is -2.31. The average Bonchev–Trinajstić information content (AvgIpc) is 3.12. The van der Waals surface area contributed by atoms with Crippen molar-refractivity contribution in [1.29, 1.82) is 0 Å². The van der Waals surface area contributed by atoms with E-state index in [-0.39, 0.29) is 11.5 Å². The fourth-order valence-electron chi connectivity index (χ4n) is 4.49. The van der Waals surface area contributed by atoms with E-state index in [2.05, 4.69) is 17.0 Å². The molecule has 1 N–H and O–H groups in total. The summed E-state index contributed by atoms with van der Waals surface area (Å²) in [7, 11) is 0. The molecule has 1 aliphatic rings. The predicted molar refractivity (Wildman–Crippen MR) is 123 cm³/mol. The average molecular weight is 415 g/mol. The van der Waals surface area contributed by atoms with Crippen LogP contribution < -0.4 is 5.56 Å². The Labute approximate surface area is 180 Å². The monoisotopic (exact) mass is 414 g/mol. The molecule has 2 aromatic heterocycles. The van der Waals surface area contributed by atoms with Gasteiger partial charge < -0.3 is 4.90 Å². The van der Waals surface area contributed by atoms with Gasteiger partial charge in [0.25, 0.3) is 11.5 Å². The first-order valence-electron chi connectivity index (χ1n) is 10.8. The van der Waals surface area contributed by atoms with E-state index in [4.69, 9.17) is 0 Å². The Balaban J connectivity index is 1.63. The number of nitrogens with one attached hydrogen (secondary N) is 1. The van der Waals surface area contributed by atoms with Gasteiger partial charge in [-0.1, -0.05) is 13.0 Å². The van der Waals surface area contributed by atoms with Crippen LogP contribution in [0.1, 0.15) is 41.3 Å². The van der Waals surface area contributed by atoms with Gasteiger partial charge in [-0.05, 0) is 74.1 Å². The maximum Gasteiger partial charge on any atom is 0.280 e. The number of amides is 1. The lowest BCUT2D eigenvalue weighted by atomic mass is 9.99. The van der Waals surface area contributed by atoms with Crippen molar-refractivity contribution >= 4 is 27.7 Å². The lowest BCUT2D eigenvalue weighted by molar-refractivity contribution is 0.0683. The maximum atomic E-state index is 13.1. The fourth-order valence-corrected chi connectivity index (χ4v) is 4.49. The van der Waals surface area contributed by atoms with Crippen molar-refractivity contribution in [3.8, 4) is 5.69 Å². The van der Waals surface area contributed by atoms with Gasteiger partial charge in [0, 0.05) is 30.2 Å². The van der Waals surface area contributed by atoms with Crippen molar-refractivity contribution in [2.24, 2.45) is 5.92 Å². The fraction of sp³-hybridized carbons (Fsp3) is 0.320. The van der Waals surface area contributed by atoms with E-state index in [9.17, 15) is 9.59 Å². The van der Waals surface area contributed by atoms with Gasteiger partial charge in [-0.3, -0.25) is 19.7 Å². The van der Waals surface area contributed by atoms with Crippen molar-refractivity contribution in [2.75, 3.05) is 13.1 Å². The van der Waals surface area contributed by atoms with Gasteiger partial charge >= 0.3 is 0 Å². The summed E-state index contributed by atoms with van der Waals surface area (Å²) in [6.07, 6.45) is 3.82. The van der Waals surface area contributed by atoms with E-state index < -0.39 is 0 Å². The van der Waals surface area contributed by atoms with Crippen LogP contribution in [0.5, 0.6) is 0 Å². The minimum absolute atomic E-state index is 0.0430. The van der Waals surface area contributed by atoms with E-state index in [0.29, 0.717) is 22.4 Å². The Morgan fingerprint density at radius 3 is 2.71 bits per heavy atom. The normalized spacial score (nSPS) is 16.9. The number of hydrogen-bond donors (Lipinski definition) is 1. The van der Waals surface area contributed by atoms with Crippen LogP contribution in [-0.4, -0.2) is 38.7 Å². The number of hydrogen-bond acceptors (Lipinski definition) is 3. The number of carbonyl (C=O) groups excluding carboxylic acids is 1. The van der Waals surface area contributed by atoms with Crippen LogP contribution >= 0.6 is 0 Å². The third-order valence-electron chi connectivity index (χ3n) is 6.46. The summed E-state index contributed by atoms with van der Waals surface area (Å²) >= 11 is 0. The van der Waals surface area contributed by atoms with Gasteiger partial charge in [-0.25, -0.2) is 4.68 Å². The molecule has 0 aliphatic carbocycles. The number of aromatic amines is 1. The zero-order valence-electron chi connectivity index (χ0n) is 18.1.